The van der Waals surface area contributed by atoms with Crippen LogP contribution in [-0.4, -0.2) is 72.3 Å². The van der Waals surface area contributed by atoms with E-state index in [1.54, 1.807) is 6.20 Å². The van der Waals surface area contributed by atoms with E-state index in [9.17, 15) is 4.79 Å². The summed E-state index contributed by atoms with van der Waals surface area (Å²) in [5.74, 6) is 0.574. The van der Waals surface area contributed by atoms with Gasteiger partial charge in [-0.1, -0.05) is 0 Å². The molecular formula is C20H28ClN5O3. The smallest absolute Gasteiger partial charge is 0.299 e. The number of aromatic nitrogens is 2. The number of morpholine rings is 1. The van der Waals surface area contributed by atoms with Gasteiger partial charge in [-0.15, -0.1) is 12.4 Å². The quantitative estimate of drug-likeness (QED) is 0.809. The van der Waals surface area contributed by atoms with Crippen molar-refractivity contribution in [1.82, 2.24) is 20.2 Å². The average Bonchev–Trinajstić information content (AvgIpc) is 3.35. The summed E-state index contributed by atoms with van der Waals surface area (Å²) in [6, 6.07) is 4.35. The largest absolute Gasteiger partial charge is 0.422 e. The zero-order valence-corrected chi connectivity index (χ0v) is 17.3. The number of halogens is 1. The van der Waals surface area contributed by atoms with Gasteiger partial charge in [0, 0.05) is 38.8 Å². The molecule has 9 heteroatoms. The van der Waals surface area contributed by atoms with E-state index >= 15 is 0 Å². The molecule has 2 aromatic rings. The summed E-state index contributed by atoms with van der Waals surface area (Å²) in [7, 11) is 0. The van der Waals surface area contributed by atoms with Crippen molar-refractivity contribution in [2.75, 3.05) is 50.8 Å². The molecule has 2 atom stereocenters. The number of nitrogens with zero attached hydrogens (tertiary/aromatic N) is 4. The Labute approximate surface area is 176 Å². The number of carbonyl (C=O) groups excluding carboxylic acids is 1. The van der Waals surface area contributed by atoms with Crippen LogP contribution in [0.5, 0.6) is 0 Å². The van der Waals surface area contributed by atoms with Crippen LogP contribution in [0.4, 0.5) is 6.01 Å². The molecule has 158 valence electrons. The van der Waals surface area contributed by atoms with Crippen LogP contribution in [0, 0.1) is 5.92 Å². The Morgan fingerprint density at radius 2 is 2.31 bits per heavy atom. The Hall–Kier alpha value is -1.90. The molecule has 0 aromatic carbocycles. The number of oxazole rings is 1. The van der Waals surface area contributed by atoms with Gasteiger partial charge in [0.25, 0.3) is 6.01 Å². The van der Waals surface area contributed by atoms with E-state index in [0.717, 1.165) is 45.4 Å². The van der Waals surface area contributed by atoms with Crippen LogP contribution in [0.2, 0.25) is 0 Å². The van der Waals surface area contributed by atoms with Crippen LogP contribution in [0.15, 0.2) is 22.7 Å². The Morgan fingerprint density at radius 1 is 1.38 bits per heavy atom. The van der Waals surface area contributed by atoms with E-state index < -0.39 is 0 Å². The molecule has 29 heavy (non-hydrogen) atoms. The van der Waals surface area contributed by atoms with Crippen molar-refractivity contribution >= 4 is 35.6 Å². The lowest BCUT2D eigenvalue weighted by Gasteiger charge is -2.41. The fourth-order valence-electron chi connectivity index (χ4n) is 4.71. The van der Waals surface area contributed by atoms with E-state index in [4.69, 9.17) is 9.15 Å². The fraction of sp³-hybridized carbons (Fsp3) is 0.650. The maximum absolute atomic E-state index is 13.0. The highest BCUT2D eigenvalue weighted by Gasteiger charge is 2.41. The molecule has 3 saturated heterocycles. The Balaban J connectivity index is 0.00000205. The number of hydrogen-bond donors (Lipinski definition) is 1. The third kappa shape index (κ3) is 4.20. The Bertz CT molecular complexity index is 821. The van der Waals surface area contributed by atoms with Crippen LogP contribution in [0.1, 0.15) is 25.7 Å². The highest BCUT2D eigenvalue weighted by Crippen LogP contribution is 2.29. The molecule has 1 N–H and O–H groups in total. The lowest BCUT2D eigenvalue weighted by atomic mass is 9.93. The minimum absolute atomic E-state index is 0. The highest BCUT2D eigenvalue weighted by molar-refractivity contribution is 5.85. The topological polar surface area (TPSA) is 83.7 Å². The summed E-state index contributed by atoms with van der Waals surface area (Å²) in [4.78, 5) is 25.9. The Kier molecular flexibility index (Phi) is 5.94. The number of ether oxygens (including phenoxy) is 1. The number of piperidine rings is 1. The van der Waals surface area contributed by atoms with Gasteiger partial charge in [-0.25, -0.2) is 4.98 Å². The first kappa shape index (κ1) is 20.4. The van der Waals surface area contributed by atoms with E-state index in [1.807, 2.05) is 17.0 Å². The van der Waals surface area contributed by atoms with Gasteiger partial charge >= 0.3 is 0 Å². The lowest BCUT2D eigenvalue weighted by molar-refractivity contribution is -0.148. The minimum atomic E-state index is -0.169. The van der Waals surface area contributed by atoms with Gasteiger partial charge in [-0.2, -0.15) is 4.98 Å². The van der Waals surface area contributed by atoms with Gasteiger partial charge in [-0.05, 0) is 43.9 Å². The van der Waals surface area contributed by atoms with Crippen LogP contribution in [0.3, 0.4) is 0 Å². The lowest BCUT2D eigenvalue weighted by Crippen LogP contribution is -2.55. The number of nitrogens with one attached hydrogen (secondary N) is 1. The first-order valence-electron chi connectivity index (χ1n) is 10.3. The van der Waals surface area contributed by atoms with Gasteiger partial charge in [0.15, 0.2) is 5.58 Å². The predicted molar refractivity (Wildman–Crippen MR) is 111 cm³/mol. The first-order chi connectivity index (χ1) is 13.7. The average molecular weight is 422 g/mol. The van der Waals surface area contributed by atoms with Gasteiger partial charge in [0.2, 0.25) is 11.6 Å². The highest BCUT2D eigenvalue weighted by atomic mass is 35.5. The van der Waals surface area contributed by atoms with Crippen molar-refractivity contribution in [2.45, 2.75) is 31.3 Å². The van der Waals surface area contributed by atoms with E-state index in [0.29, 0.717) is 49.3 Å². The maximum atomic E-state index is 13.0. The van der Waals surface area contributed by atoms with Crippen LogP contribution in [0.25, 0.3) is 11.2 Å². The van der Waals surface area contributed by atoms with Gasteiger partial charge < -0.3 is 24.3 Å². The second kappa shape index (κ2) is 8.45. The molecule has 3 fully saturated rings. The molecule has 8 nitrogen and oxygen atoms in total. The van der Waals surface area contributed by atoms with Crippen molar-refractivity contribution in [3.63, 3.8) is 0 Å². The molecule has 3 aliphatic rings. The first-order valence-corrected chi connectivity index (χ1v) is 10.3. The molecule has 2 aromatic heterocycles. The second-order valence-corrected chi connectivity index (χ2v) is 8.25. The zero-order valence-electron chi connectivity index (χ0n) is 16.5. The normalized spacial score (nSPS) is 27.4. The molecule has 1 amide bonds. The number of anilines is 1. The SMILES string of the molecule is Cl.O=C(CC1CCCN(c2nc3ncccc3o2)C1)N1CCOC2(CCNC2)C1. The third-order valence-electron chi connectivity index (χ3n) is 6.21. The molecular weight excluding hydrogens is 394 g/mol. The van der Waals surface area contributed by atoms with Gasteiger partial charge in [-0.3, -0.25) is 4.79 Å². The molecule has 5 rings (SSSR count). The number of amides is 1. The van der Waals surface area contributed by atoms with E-state index in [2.05, 4.69) is 20.2 Å². The molecule has 3 aliphatic heterocycles. The fourth-order valence-corrected chi connectivity index (χ4v) is 4.71. The standard InChI is InChI=1S/C20H27N5O3.ClH/c26-17(25-9-10-27-20(14-25)5-7-21-13-20)11-15-3-2-8-24(12-15)19-23-18-16(28-19)4-1-6-22-18;/h1,4,6,15,21H,2-3,5,7-14H2;1H. The Morgan fingerprint density at radius 3 is 3.14 bits per heavy atom. The van der Waals surface area contributed by atoms with Crippen molar-refractivity contribution < 1.29 is 13.9 Å². The summed E-state index contributed by atoms with van der Waals surface area (Å²) in [6.07, 6.45) is 5.40. The molecule has 1 spiro atoms. The van der Waals surface area contributed by atoms with Crippen molar-refractivity contribution in [3.8, 4) is 0 Å². The van der Waals surface area contributed by atoms with Crippen molar-refractivity contribution in [1.29, 1.82) is 0 Å². The monoisotopic (exact) mass is 421 g/mol. The van der Waals surface area contributed by atoms with Crippen molar-refractivity contribution in [2.24, 2.45) is 5.92 Å². The van der Waals surface area contributed by atoms with E-state index in [1.165, 1.54) is 0 Å². The summed E-state index contributed by atoms with van der Waals surface area (Å²) < 4.78 is 11.9. The zero-order chi connectivity index (χ0) is 19.0. The molecule has 0 saturated carbocycles. The van der Waals surface area contributed by atoms with Crippen molar-refractivity contribution in [3.05, 3.63) is 18.3 Å². The van der Waals surface area contributed by atoms with Crippen LogP contribution in [-0.2, 0) is 9.53 Å². The molecule has 2 unspecified atom stereocenters. The maximum Gasteiger partial charge on any atom is 0.299 e. The molecule has 0 bridgehead atoms. The van der Waals surface area contributed by atoms with E-state index in [-0.39, 0.29) is 23.9 Å². The predicted octanol–water partition coefficient (Wildman–Crippen LogP) is 1.84. The number of carbonyl (C=O) groups is 1. The summed E-state index contributed by atoms with van der Waals surface area (Å²) >= 11 is 0. The number of rotatable bonds is 3. The minimum Gasteiger partial charge on any atom is -0.422 e. The number of hydrogen-bond acceptors (Lipinski definition) is 7. The molecule has 0 aliphatic carbocycles. The van der Waals surface area contributed by atoms with Crippen LogP contribution >= 0.6 is 12.4 Å². The molecule has 0 radical (unpaired) electrons. The van der Waals surface area contributed by atoms with Gasteiger partial charge in [0.05, 0.1) is 18.8 Å². The summed E-state index contributed by atoms with van der Waals surface area (Å²) in [6.45, 7) is 5.58. The van der Waals surface area contributed by atoms with Gasteiger partial charge in [0.1, 0.15) is 0 Å². The summed E-state index contributed by atoms with van der Waals surface area (Å²) in [5.41, 5.74) is 1.18. The number of pyridine rings is 1. The van der Waals surface area contributed by atoms with Crippen LogP contribution < -0.4 is 10.2 Å². The third-order valence-corrected chi connectivity index (χ3v) is 6.21. The number of fused-ring (bicyclic) bond motifs is 1. The second-order valence-electron chi connectivity index (χ2n) is 8.25. The molecule has 5 heterocycles. The summed E-state index contributed by atoms with van der Waals surface area (Å²) in [5, 5.41) is 3.37.